The smallest absolute Gasteiger partial charge is 0.185 e. The summed E-state index contributed by atoms with van der Waals surface area (Å²) in [4.78, 5) is 0.770. The van der Waals surface area contributed by atoms with E-state index in [0.717, 1.165) is 10.5 Å². The molecule has 0 saturated heterocycles. The van der Waals surface area contributed by atoms with Crippen LogP contribution in [0.1, 0.15) is 5.56 Å². The molecule has 120 valence electrons. The van der Waals surface area contributed by atoms with Crippen molar-refractivity contribution in [3.63, 3.8) is 0 Å². The van der Waals surface area contributed by atoms with Crippen LogP contribution in [0, 0.1) is 0 Å². The van der Waals surface area contributed by atoms with Crippen molar-refractivity contribution in [2.24, 2.45) is 4.03 Å². The Morgan fingerprint density at radius 1 is 0.870 bits per heavy atom. The monoisotopic (exact) mass is 341 g/mol. The Kier molecular flexibility index (Phi) is 5.74. The fraction of sp³-hybridized carbons (Fsp3) is 0.158. The topological polar surface area (TPSA) is 29.4 Å². The van der Waals surface area contributed by atoms with Crippen LogP contribution in [0.2, 0.25) is 19.6 Å². The largest absolute Gasteiger partial charge is 0.271 e. The van der Waals surface area contributed by atoms with Crippen LogP contribution in [0.5, 0.6) is 0 Å². The van der Waals surface area contributed by atoms with Crippen LogP contribution in [-0.2, 0) is 9.73 Å². The molecule has 0 fully saturated rings. The van der Waals surface area contributed by atoms with E-state index >= 15 is 0 Å². The van der Waals surface area contributed by atoms with E-state index in [1.165, 1.54) is 0 Å². The summed E-state index contributed by atoms with van der Waals surface area (Å²) in [6, 6.07) is 19.6. The first-order valence-electron chi connectivity index (χ1n) is 7.62. The van der Waals surface area contributed by atoms with Gasteiger partial charge in [-0.15, -0.1) is 0 Å². The molecule has 0 radical (unpaired) electrons. The average Bonchev–Trinajstić information content (AvgIpc) is 2.52. The molecule has 0 aliphatic heterocycles. The molecule has 0 heterocycles. The normalized spacial score (nSPS) is 14.9. The van der Waals surface area contributed by atoms with Gasteiger partial charge in [0.25, 0.3) is 0 Å². The van der Waals surface area contributed by atoms with E-state index in [1.807, 2.05) is 78.9 Å². The maximum atomic E-state index is 13.4. The Hall–Kier alpha value is -1.91. The van der Waals surface area contributed by atoms with Crippen LogP contribution in [-0.4, -0.2) is 12.4 Å². The highest BCUT2D eigenvalue weighted by atomic mass is 32.2. The van der Waals surface area contributed by atoms with Gasteiger partial charge in [0.15, 0.2) is 8.24 Å². The molecular weight excluding hydrogens is 318 g/mol. The average molecular weight is 342 g/mol. The van der Waals surface area contributed by atoms with Gasteiger partial charge in [-0.25, -0.2) is 4.21 Å². The van der Waals surface area contributed by atoms with Crippen molar-refractivity contribution >= 4 is 24.0 Å². The minimum absolute atomic E-state index is 0.770. The van der Waals surface area contributed by atoms with Crippen molar-refractivity contribution < 1.29 is 4.21 Å². The van der Waals surface area contributed by atoms with Crippen molar-refractivity contribution in [1.82, 2.24) is 0 Å². The Balaban J connectivity index is 2.33. The second-order valence-corrected chi connectivity index (χ2v) is 13.2. The SMILES string of the molecule is C[Si](C)(C)N=S(=O)(/C=C/C=C/c1ccccc1)c1ccccc1. The summed E-state index contributed by atoms with van der Waals surface area (Å²) >= 11 is 0. The highest BCUT2D eigenvalue weighted by Crippen LogP contribution is 2.19. The van der Waals surface area contributed by atoms with Gasteiger partial charge in [0.2, 0.25) is 0 Å². The predicted molar refractivity (Wildman–Crippen MR) is 103 cm³/mol. The molecule has 0 aliphatic rings. The van der Waals surface area contributed by atoms with Gasteiger partial charge >= 0.3 is 0 Å². The molecule has 2 aromatic carbocycles. The standard InChI is InChI=1S/C19H23NOSSi/c1-23(2,3)20-22(21,19-15-8-5-9-16-19)17-11-10-14-18-12-6-4-7-13-18/h4-17H,1-3H3/b14-10+,17-11+. The van der Waals surface area contributed by atoms with Gasteiger partial charge in [-0.05, 0) is 37.3 Å². The predicted octanol–water partition coefficient (Wildman–Crippen LogP) is 5.58. The van der Waals surface area contributed by atoms with E-state index in [1.54, 1.807) is 5.41 Å². The van der Waals surface area contributed by atoms with E-state index < -0.39 is 18.0 Å². The molecule has 4 heteroatoms. The lowest BCUT2D eigenvalue weighted by atomic mass is 10.2. The van der Waals surface area contributed by atoms with Gasteiger partial charge in [-0.2, -0.15) is 0 Å². The molecule has 0 bridgehead atoms. The quantitative estimate of drug-likeness (QED) is 0.516. The van der Waals surface area contributed by atoms with Gasteiger partial charge in [0, 0.05) is 5.41 Å². The first-order valence-corrected chi connectivity index (χ1v) is 12.6. The molecule has 2 rings (SSSR count). The summed E-state index contributed by atoms with van der Waals surface area (Å²) in [7, 11) is -4.35. The number of nitrogens with zero attached hydrogens (tertiary/aromatic N) is 1. The van der Waals surface area contributed by atoms with Crippen LogP contribution in [0.3, 0.4) is 0 Å². The highest BCUT2D eigenvalue weighted by molar-refractivity contribution is 7.97. The second kappa shape index (κ2) is 7.57. The van der Waals surface area contributed by atoms with E-state index in [-0.39, 0.29) is 0 Å². The summed E-state index contributed by atoms with van der Waals surface area (Å²) in [6.45, 7) is 6.30. The van der Waals surface area contributed by atoms with Gasteiger partial charge < -0.3 is 0 Å². The molecule has 1 unspecified atom stereocenters. The van der Waals surface area contributed by atoms with Crippen LogP contribution < -0.4 is 0 Å². The van der Waals surface area contributed by atoms with E-state index in [4.69, 9.17) is 4.03 Å². The minimum Gasteiger partial charge on any atom is -0.271 e. The number of rotatable bonds is 5. The number of hydrogen-bond acceptors (Lipinski definition) is 2. The minimum atomic E-state index is -2.52. The van der Waals surface area contributed by atoms with Gasteiger partial charge in [0.05, 0.1) is 14.6 Å². The van der Waals surface area contributed by atoms with Crippen LogP contribution in [0.25, 0.3) is 6.08 Å². The molecular formula is C19H23NOSSi. The lowest BCUT2D eigenvalue weighted by molar-refractivity contribution is 0.683. The Morgan fingerprint density at radius 3 is 2.00 bits per heavy atom. The van der Waals surface area contributed by atoms with E-state index in [2.05, 4.69) is 19.6 Å². The van der Waals surface area contributed by atoms with Gasteiger partial charge in [-0.1, -0.05) is 66.8 Å². The van der Waals surface area contributed by atoms with Crippen molar-refractivity contribution in [2.45, 2.75) is 24.5 Å². The van der Waals surface area contributed by atoms with Gasteiger partial charge in [0.1, 0.15) is 0 Å². The molecule has 0 spiro atoms. The summed E-state index contributed by atoms with van der Waals surface area (Å²) in [5.41, 5.74) is 1.12. The number of allylic oxidation sites excluding steroid dienone is 2. The summed E-state index contributed by atoms with van der Waals surface area (Å²) in [5.74, 6) is 0. The van der Waals surface area contributed by atoms with Crippen LogP contribution in [0.15, 0.2) is 87.1 Å². The maximum Gasteiger partial charge on any atom is 0.185 e. The first-order chi connectivity index (χ1) is 10.9. The van der Waals surface area contributed by atoms with Crippen LogP contribution >= 0.6 is 0 Å². The van der Waals surface area contributed by atoms with Crippen molar-refractivity contribution in [3.8, 4) is 0 Å². The third-order valence-corrected chi connectivity index (χ3v) is 7.70. The molecule has 1 atom stereocenters. The molecule has 0 aromatic heterocycles. The highest BCUT2D eigenvalue weighted by Gasteiger charge is 2.17. The zero-order valence-corrected chi connectivity index (χ0v) is 15.7. The molecule has 2 nitrogen and oxygen atoms in total. The molecule has 2 aromatic rings. The molecule has 0 N–H and O–H groups in total. The van der Waals surface area contributed by atoms with Crippen LogP contribution in [0.4, 0.5) is 0 Å². The Morgan fingerprint density at radius 2 is 1.43 bits per heavy atom. The molecule has 0 amide bonds. The number of benzene rings is 2. The lowest BCUT2D eigenvalue weighted by Crippen LogP contribution is -2.19. The number of hydrogen-bond donors (Lipinski definition) is 0. The second-order valence-electron chi connectivity index (χ2n) is 6.24. The lowest BCUT2D eigenvalue weighted by Gasteiger charge is -2.13. The van der Waals surface area contributed by atoms with Crippen molar-refractivity contribution in [2.75, 3.05) is 0 Å². The zero-order chi connectivity index (χ0) is 16.8. The van der Waals surface area contributed by atoms with Crippen molar-refractivity contribution in [3.05, 3.63) is 83.8 Å². The van der Waals surface area contributed by atoms with E-state index in [0.29, 0.717) is 0 Å². The maximum absolute atomic E-state index is 13.4. The molecule has 0 aliphatic carbocycles. The summed E-state index contributed by atoms with van der Waals surface area (Å²) < 4.78 is 18.1. The fourth-order valence-electron chi connectivity index (χ4n) is 2.07. The Labute approximate surface area is 140 Å². The summed E-state index contributed by atoms with van der Waals surface area (Å²) in [6.07, 6.45) is 5.75. The van der Waals surface area contributed by atoms with Gasteiger partial charge in [-0.3, -0.25) is 4.03 Å². The Bertz CT molecular complexity index is 796. The first kappa shape index (κ1) is 17.4. The third-order valence-electron chi connectivity index (χ3n) is 2.95. The fourth-order valence-corrected chi connectivity index (χ4v) is 6.99. The summed E-state index contributed by atoms with van der Waals surface area (Å²) in [5, 5.41) is 1.74. The van der Waals surface area contributed by atoms with Crippen molar-refractivity contribution in [1.29, 1.82) is 0 Å². The molecule has 0 saturated carbocycles. The van der Waals surface area contributed by atoms with E-state index in [9.17, 15) is 4.21 Å². The molecule has 23 heavy (non-hydrogen) atoms. The zero-order valence-electron chi connectivity index (χ0n) is 13.8. The third kappa shape index (κ3) is 5.66.